The predicted molar refractivity (Wildman–Crippen MR) is 116 cm³/mol. The molecule has 0 saturated heterocycles. The summed E-state index contributed by atoms with van der Waals surface area (Å²) >= 11 is 0. The largest absolute Gasteiger partial charge is 0.352 e. The van der Waals surface area contributed by atoms with Crippen LogP contribution < -0.4 is 15.0 Å². The molecule has 0 aliphatic heterocycles. The van der Waals surface area contributed by atoms with Crippen molar-refractivity contribution in [2.24, 2.45) is 0 Å². The molecule has 0 fully saturated rings. The van der Waals surface area contributed by atoms with Gasteiger partial charge >= 0.3 is 0 Å². The molecule has 0 saturated carbocycles. The smallest absolute Gasteiger partial charge is 0.197 e. The van der Waals surface area contributed by atoms with E-state index in [2.05, 4.69) is 117 Å². The third-order valence-corrected chi connectivity index (χ3v) is 13.8. The average Bonchev–Trinajstić information content (AvgIpc) is 2.94. The van der Waals surface area contributed by atoms with Crippen molar-refractivity contribution in [1.82, 2.24) is 4.65 Å². The molecular formula is C22H29NSi2. The van der Waals surface area contributed by atoms with Crippen LogP contribution in [0, 0.1) is 0 Å². The zero-order valence-corrected chi connectivity index (χ0v) is 18.0. The molecule has 0 spiro atoms. The van der Waals surface area contributed by atoms with Crippen molar-refractivity contribution in [2.45, 2.75) is 38.5 Å². The second-order valence-electron chi connectivity index (χ2n) is 8.36. The maximum absolute atomic E-state index is 4.29. The maximum atomic E-state index is 4.29. The van der Waals surface area contributed by atoms with Crippen LogP contribution in [0.15, 0.2) is 84.5 Å². The summed E-state index contributed by atoms with van der Waals surface area (Å²) in [5.74, 6) is 0. The van der Waals surface area contributed by atoms with Crippen LogP contribution in [0.4, 0.5) is 0 Å². The van der Waals surface area contributed by atoms with Gasteiger partial charge in [-0.05, 0) is 17.3 Å². The molecule has 0 aromatic heterocycles. The minimum atomic E-state index is -2.27. The zero-order chi connectivity index (χ0) is 18.1. The van der Waals surface area contributed by atoms with Gasteiger partial charge in [-0.2, -0.15) is 0 Å². The van der Waals surface area contributed by atoms with Gasteiger partial charge in [0, 0.05) is 5.04 Å². The standard InChI is InChI=1S/C22H29NSi2/c1-19-16-17-22(2,18-19)25(23-24(3,4)5,20-12-8-6-9-13-20)21-14-10-7-11-15-21/h6-18,23H,1-5H3. The molecule has 1 atom stereocenters. The molecule has 0 radical (unpaired) electrons. The topological polar surface area (TPSA) is 12.0 Å². The van der Waals surface area contributed by atoms with Crippen LogP contribution in [0.25, 0.3) is 0 Å². The first kappa shape index (κ1) is 18.1. The summed E-state index contributed by atoms with van der Waals surface area (Å²) in [5.41, 5.74) is 1.36. The highest BCUT2D eigenvalue weighted by atomic mass is 28.4. The Morgan fingerprint density at radius 1 is 0.800 bits per heavy atom. The van der Waals surface area contributed by atoms with Gasteiger partial charge in [0.05, 0.1) is 0 Å². The minimum Gasteiger partial charge on any atom is -0.352 e. The molecular weight excluding hydrogens is 334 g/mol. The molecule has 3 rings (SSSR count). The first-order chi connectivity index (χ1) is 11.8. The van der Waals surface area contributed by atoms with E-state index < -0.39 is 16.5 Å². The molecule has 2 aromatic carbocycles. The van der Waals surface area contributed by atoms with Gasteiger partial charge in [0.15, 0.2) is 8.24 Å². The van der Waals surface area contributed by atoms with Crippen molar-refractivity contribution < 1.29 is 0 Å². The van der Waals surface area contributed by atoms with E-state index in [4.69, 9.17) is 0 Å². The number of benzene rings is 2. The first-order valence-electron chi connectivity index (χ1n) is 9.06. The third kappa shape index (κ3) is 3.36. The first-order valence-corrected chi connectivity index (χ1v) is 14.6. The summed E-state index contributed by atoms with van der Waals surface area (Å²) in [6.45, 7) is 11.9. The normalized spacial score (nSPS) is 20.6. The molecule has 25 heavy (non-hydrogen) atoms. The van der Waals surface area contributed by atoms with E-state index in [1.807, 2.05) is 0 Å². The summed E-state index contributed by atoms with van der Waals surface area (Å²) < 4.78 is 4.29. The Hall–Kier alpha value is -1.69. The van der Waals surface area contributed by atoms with Gasteiger partial charge in [-0.15, -0.1) is 0 Å². The average molecular weight is 364 g/mol. The maximum Gasteiger partial charge on any atom is 0.197 e. The van der Waals surface area contributed by atoms with Gasteiger partial charge in [0.25, 0.3) is 0 Å². The van der Waals surface area contributed by atoms with E-state index in [-0.39, 0.29) is 5.04 Å². The van der Waals surface area contributed by atoms with Crippen LogP contribution in [-0.4, -0.2) is 16.5 Å². The Labute approximate surface area is 154 Å². The summed E-state index contributed by atoms with van der Waals surface area (Å²) in [6, 6.07) is 22.3. The molecule has 0 heterocycles. The van der Waals surface area contributed by atoms with Gasteiger partial charge in [-0.25, -0.2) is 0 Å². The van der Waals surface area contributed by atoms with Crippen LogP contribution in [0.5, 0.6) is 0 Å². The van der Waals surface area contributed by atoms with Crippen LogP contribution in [0.1, 0.15) is 13.8 Å². The number of allylic oxidation sites excluding steroid dienone is 4. The molecule has 1 aliphatic rings. The van der Waals surface area contributed by atoms with Gasteiger partial charge in [0.1, 0.15) is 8.24 Å². The molecule has 1 nitrogen and oxygen atoms in total. The Morgan fingerprint density at radius 3 is 1.64 bits per heavy atom. The van der Waals surface area contributed by atoms with Gasteiger partial charge in [-0.1, -0.05) is 111 Å². The molecule has 0 amide bonds. The van der Waals surface area contributed by atoms with E-state index in [0.29, 0.717) is 0 Å². The summed E-state index contributed by atoms with van der Waals surface area (Å²) in [4.78, 5) is 0. The van der Waals surface area contributed by atoms with Crippen LogP contribution >= 0.6 is 0 Å². The molecule has 130 valence electrons. The van der Waals surface area contributed by atoms with Gasteiger partial charge in [0.2, 0.25) is 0 Å². The Kier molecular flexibility index (Phi) is 4.75. The van der Waals surface area contributed by atoms with E-state index in [0.717, 1.165) is 0 Å². The number of nitrogens with one attached hydrogen (secondary N) is 1. The Morgan fingerprint density at radius 2 is 1.28 bits per heavy atom. The summed E-state index contributed by atoms with van der Waals surface area (Å²) in [6.07, 6.45) is 7.20. The van der Waals surface area contributed by atoms with Crippen molar-refractivity contribution >= 4 is 26.8 Å². The molecule has 0 bridgehead atoms. The lowest BCUT2D eigenvalue weighted by Crippen LogP contribution is -2.78. The van der Waals surface area contributed by atoms with E-state index in [9.17, 15) is 0 Å². The quantitative estimate of drug-likeness (QED) is 0.774. The SMILES string of the molecule is CC1=CC(C)([Si](N[Si](C)(C)C)(c2ccccc2)c2ccccc2)C=C1. The molecule has 1 aliphatic carbocycles. The Bertz CT molecular complexity index is 748. The molecule has 2 aromatic rings. The fourth-order valence-electron chi connectivity index (χ4n) is 4.11. The van der Waals surface area contributed by atoms with Crippen molar-refractivity contribution in [3.63, 3.8) is 0 Å². The number of rotatable bonds is 5. The van der Waals surface area contributed by atoms with Crippen LogP contribution in [-0.2, 0) is 0 Å². The lowest BCUT2D eigenvalue weighted by molar-refractivity contribution is 0.912. The van der Waals surface area contributed by atoms with Crippen molar-refractivity contribution in [1.29, 1.82) is 0 Å². The minimum absolute atomic E-state index is 0.0140. The highest BCUT2D eigenvalue weighted by molar-refractivity contribution is 7.09. The fraction of sp³-hybridized carbons (Fsp3) is 0.273. The van der Waals surface area contributed by atoms with E-state index >= 15 is 0 Å². The predicted octanol–water partition coefficient (Wildman–Crippen LogP) is 4.45. The second-order valence-corrected chi connectivity index (χ2v) is 17.6. The van der Waals surface area contributed by atoms with Crippen molar-refractivity contribution in [3.8, 4) is 0 Å². The summed E-state index contributed by atoms with van der Waals surface area (Å²) in [5, 5.41) is 2.93. The van der Waals surface area contributed by atoms with E-state index in [1.54, 1.807) is 0 Å². The van der Waals surface area contributed by atoms with E-state index in [1.165, 1.54) is 15.9 Å². The Balaban J connectivity index is 2.35. The lowest BCUT2D eigenvalue weighted by Gasteiger charge is -2.48. The highest BCUT2D eigenvalue weighted by Crippen LogP contribution is 2.44. The highest BCUT2D eigenvalue weighted by Gasteiger charge is 2.53. The molecule has 3 heteroatoms. The molecule has 1 unspecified atom stereocenters. The van der Waals surface area contributed by atoms with Crippen LogP contribution in [0.2, 0.25) is 24.7 Å². The lowest BCUT2D eigenvalue weighted by atomic mass is 10.2. The molecule has 1 N–H and O–H groups in total. The van der Waals surface area contributed by atoms with Gasteiger partial charge in [-0.3, -0.25) is 0 Å². The third-order valence-electron chi connectivity index (χ3n) is 5.00. The van der Waals surface area contributed by atoms with Gasteiger partial charge < -0.3 is 4.65 Å². The van der Waals surface area contributed by atoms with Crippen LogP contribution in [0.3, 0.4) is 0 Å². The number of hydrogen-bond acceptors (Lipinski definition) is 1. The summed E-state index contributed by atoms with van der Waals surface area (Å²) in [7, 11) is -3.81. The number of hydrogen-bond donors (Lipinski definition) is 1. The van der Waals surface area contributed by atoms with Crippen molar-refractivity contribution in [2.75, 3.05) is 0 Å². The zero-order valence-electron chi connectivity index (χ0n) is 16.0. The van der Waals surface area contributed by atoms with Crippen molar-refractivity contribution in [3.05, 3.63) is 84.5 Å². The fourth-order valence-corrected chi connectivity index (χ4v) is 14.6. The second kappa shape index (κ2) is 6.56. The monoisotopic (exact) mass is 363 g/mol.